The topological polar surface area (TPSA) is 86.1 Å². The molecule has 2 aromatic carbocycles. The first-order chi connectivity index (χ1) is 17.7. The molecule has 192 valence electrons. The number of carbonyl (C=O) groups is 2. The van der Waals surface area contributed by atoms with Crippen molar-refractivity contribution in [2.75, 3.05) is 0 Å². The van der Waals surface area contributed by atoms with Crippen LogP contribution in [0.4, 0.5) is 13.2 Å². The molecule has 4 aromatic rings. The van der Waals surface area contributed by atoms with Crippen LogP contribution in [0.2, 0.25) is 0 Å². The van der Waals surface area contributed by atoms with Gasteiger partial charge in [0.15, 0.2) is 0 Å². The van der Waals surface area contributed by atoms with Crippen molar-refractivity contribution < 1.29 is 27.6 Å². The fraction of sp³-hybridized carbons (Fsp3) is 0.259. The van der Waals surface area contributed by atoms with Gasteiger partial charge in [-0.2, -0.15) is 23.8 Å². The summed E-state index contributed by atoms with van der Waals surface area (Å²) < 4.78 is 40.4. The summed E-state index contributed by atoms with van der Waals surface area (Å²) in [6.07, 6.45) is 0.776. The Morgan fingerprint density at radius 2 is 1.78 bits per heavy atom. The SMILES string of the molecule is CCCC(c1ccc(-c2ccc(C(F)(F)F)cc2)nc1)n1ncc2cc(C(=O)NOC(=O)CC)ccc21. The van der Waals surface area contributed by atoms with E-state index >= 15 is 0 Å². The van der Waals surface area contributed by atoms with Crippen molar-refractivity contribution in [2.24, 2.45) is 0 Å². The second kappa shape index (κ2) is 10.8. The predicted octanol–water partition coefficient (Wildman–Crippen LogP) is 6.10. The number of halogens is 3. The molecule has 0 radical (unpaired) electrons. The fourth-order valence-corrected chi connectivity index (χ4v) is 3.98. The molecular formula is C27H25F3N4O3. The van der Waals surface area contributed by atoms with E-state index in [1.165, 1.54) is 12.1 Å². The number of carbonyl (C=O) groups excluding carboxylic acids is 2. The number of hydrogen-bond acceptors (Lipinski definition) is 5. The minimum Gasteiger partial charge on any atom is -0.341 e. The summed E-state index contributed by atoms with van der Waals surface area (Å²) in [5.74, 6) is -1.08. The molecule has 1 atom stereocenters. The molecule has 0 aliphatic heterocycles. The number of pyridine rings is 1. The Bertz CT molecular complexity index is 1400. The molecule has 0 aliphatic rings. The van der Waals surface area contributed by atoms with Crippen molar-refractivity contribution in [3.8, 4) is 11.3 Å². The number of benzene rings is 2. The van der Waals surface area contributed by atoms with Crippen LogP contribution in [0.3, 0.4) is 0 Å². The van der Waals surface area contributed by atoms with Gasteiger partial charge in [-0.1, -0.05) is 38.5 Å². The van der Waals surface area contributed by atoms with Crippen molar-refractivity contribution in [2.45, 2.75) is 45.3 Å². The van der Waals surface area contributed by atoms with Crippen molar-refractivity contribution in [3.63, 3.8) is 0 Å². The van der Waals surface area contributed by atoms with Crippen LogP contribution in [0.1, 0.15) is 60.6 Å². The highest BCUT2D eigenvalue weighted by molar-refractivity contribution is 5.97. The predicted molar refractivity (Wildman–Crippen MR) is 131 cm³/mol. The molecule has 10 heteroatoms. The molecular weight excluding hydrogens is 485 g/mol. The summed E-state index contributed by atoms with van der Waals surface area (Å²) in [5, 5.41) is 5.30. The number of alkyl halides is 3. The number of nitrogens with one attached hydrogen (secondary N) is 1. The van der Waals surface area contributed by atoms with Crippen LogP contribution < -0.4 is 5.48 Å². The first-order valence-electron chi connectivity index (χ1n) is 11.8. The molecule has 0 saturated carbocycles. The molecule has 2 aromatic heterocycles. The molecule has 1 unspecified atom stereocenters. The van der Waals surface area contributed by atoms with Crippen LogP contribution >= 0.6 is 0 Å². The van der Waals surface area contributed by atoms with E-state index < -0.39 is 23.6 Å². The highest BCUT2D eigenvalue weighted by Gasteiger charge is 2.30. The van der Waals surface area contributed by atoms with E-state index in [1.807, 2.05) is 10.7 Å². The van der Waals surface area contributed by atoms with E-state index in [2.05, 4.69) is 22.5 Å². The Morgan fingerprint density at radius 1 is 1.03 bits per heavy atom. The summed E-state index contributed by atoms with van der Waals surface area (Å²) in [5.41, 5.74) is 4.63. The Balaban J connectivity index is 1.57. The van der Waals surface area contributed by atoms with Gasteiger partial charge in [0.2, 0.25) is 0 Å². The van der Waals surface area contributed by atoms with E-state index in [-0.39, 0.29) is 12.5 Å². The van der Waals surface area contributed by atoms with Gasteiger partial charge < -0.3 is 4.84 Å². The maximum atomic E-state index is 12.9. The summed E-state index contributed by atoms with van der Waals surface area (Å²) in [4.78, 5) is 32.8. The third-order valence-corrected chi connectivity index (χ3v) is 5.94. The summed E-state index contributed by atoms with van der Waals surface area (Å²) in [6.45, 7) is 3.68. The van der Waals surface area contributed by atoms with Gasteiger partial charge in [-0.05, 0) is 48.4 Å². The highest BCUT2D eigenvalue weighted by Crippen LogP contribution is 2.32. The van der Waals surface area contributed by atoms with Gasteiger partial charge in [-0.15, -0.1) is 0 Å². The van der Waals surface area contributed by atoms with Gasteiger partial charge in [-0.3, -0.25) is 14.5 Å². The van der Waals surface area contributed by atoms with Gasteiger partial charge in [-0.25, -0.2) is 4.79 Å². The van der Waals surface area contributed by atoms with Crippen molar-refractivity contribution in [1.29, 1.82) is 0 Å². The lowest BCUT2D eigenvalue weighted by Crippen LogP contribution is -2.26. The highest BCUT2D eigenvalue weighted by atomic mass is 19.4. The van der Waals surface area contributed by atoms with E-state index in [1.54, 1.807) is 43.6 Å². The molecule has 0 bridgehead atoms. The molecule has 1 amide bonds. The van der Waals surface area contributed by atoms with Gasteiger partial charge in [0, 0.05) is 29.1 Å². The lowest BCUT2D eigenvalue weighted by molar-refractivity contribution is -0.148. The average Bonchev–Trinajstić information content (AvgIpc) is 3.33. The summed E-state index contributed by atoms with van der Waals surface area (Å²) in [6, 6.07) is 13.5. The minimum atomic E-state index is -4.39. The second-order valence-electron chi connectivity index (χ2n) is 8.48. The van der Waals surface area contributed by atoms with E-state index in [4.69, 9.17) is 4.84 Å². The number of nitrogens with zero attached hydrogens (tertiary/aromatic N) is 3. The maximum absolute atomic E-state index is 12.9. The Labute approximate surface area is 211 Å². The largest absolute Gasteiger partial charge is 0.416 e. The zero-order valence-corrected chi connectivity index (χ0v) is 20.2. The van der Waals surface area contributed by atoms with Gasteiger partial charge in [0.25, 0.3) is 5.91 Å². The van der Waals surface area contributed by atoms with Gasteiger partial charge >= 0.3 is 12.1 Å². The average molecular weight is 511 g/mol. The van der Waals surface area contributed by atoms with Gasteiger partial charge in [0.1, 0.15) is 0 Å². The Kier molecular flexibility index (Phi) is 7.56. The van der Waals surface area contributed by atoms with E-state index in [0.717, 1.165) is 41.4 Å². The first kappa shape index (κ1) is 25.9. The number of hydroxylamine groups is 1. The molecule has 0 fully saturated rings. The normalized spacial score (nSPS) is 12.4. The van der Waals surface area contributed by atoms with Crippen LogP contribution in [0, 0.1) is 0 Å². The van der Waals surface area contributed by atoms with E-state index in [9.17, 15) is 22.8 Å². The van der Waals surface area contributed by atoms with Crippen LogP contribution in [0.15, 0.2) is 67.0 Å². The Hall–Kier alpha value is -4.21. The van der Waals surface area contributed by atoms with E-state index in [0.29, 0.717) is 16.8 Å². The fourth-order valence-electron chi connectivity index (χ4n) is 3.98. The van der Waals surface area contributed by atoms with Gasteiger partial charge in [0.05, 0.1) is 29.0 Å². The smallest absolute Gasteiger partial charge is 0.341 e. The van der Waals surface area contributed by atoms with Crippen LogP contribution in [-0.4, -0.2) is 26.6 Å². The number of amides is 1. The maximum Gasteiger partial charge on any atom is 0.416 e. The van der Waals surface area contributed by atoms with Crippen molar-refractivity contribution >= 4 is 22.8 Å². The van der Waals surface area contributed by atoms with Crippen LogP contribution in [0.25, 0.3) is 22.2 Å². The molecule has 0 saturated heterocycles. The van der Waals surface area contributed by atoms with Crippen LogP contribution in [-0.2, 0) is 15.8 Å². The quantitative estimate of drug-likeness (QED) is 0.304. The molecule has 37 heavy (non-hydrogen) atoms. The third kappa shape index (κ3) is 5.79. The standard InChI is InChI=1S/C27H25F3N4O3/c1-3-5-23(19-8-12-22(31-15-19)17-6-10-21(11-7-17)27(28,29)30)34-24-13-9-18(14-20(24)16-32-34)26(36)33-37-25(35)4-2/h6-16,23H,3-5H2,1-2H3,(H,33,36). The molecule has 2 heterocycles. The number of hydrogen-bond donors (Lipinski definition) is 1. The van der Waals surface area contributed by atoms with Crippen LogP contribution in [0.5, 0.6) is 0 Å². The van der Waals surface area contributed by atoms with Crippen molar-refractivity contribution in [3.05, 3.63) is 83.7 Å². The Morgan fingerprint density at radius 3 is 2.41 bits per heavy atom. The zero-order valence-electron chi connectivity index (χ0n) is 20.2. The second-order valence-corrected chi connectivity index (χ2v) is 8.48. The number of rotatable bonds is 7. The minimum absolute atomic E-state index is 0.137. The monoisotopic (exact) mass is 510 g/mol. The first-order valence-corrected chi connectivity index (χ1v) is 11.8. The molecule has 7 nitrogen and oxygen atoms in total. The zero-order chi connectivity index (χ0) is 26.6. The lowest BCUT2D eigenvalue weighted by atomic mass is 10.0. The molecule has 0 spiro atoms. The molecule has 4 rings (SSSR count). The van der Waals surface area contributed by atoms with Crippen molar-refractivity contribution in [1.82, 2.24) is 20.2 Å². The third-order valence-electron chi connectivity index (χ3n) is 5.94. The summed E-state index contributed by atoms with van der Waals surface area (Å²) in [7, 11) is 0. The number of aromatic nitrogens is 3. The summed E-state index contributed by atoms with van der Waals surface area (Å²) >= 11 is 0. The molecule has 1 N–H and O–H groups in total. The number of fused-ring (bicyclic) bond motifs is 1. The molecule has 0 aliphatic carbocycles. The lowest BCUT2D eigenvalue weighted by Gasteiger charge is -2.19.